The first-order valence-corrected chi connectivity index (χ1v) is 10.2. The molecule has 0 saturated heterocycles. The lowest BCUT2D eigenvalue weighted by molar-refractivity contribution is 0.331. The van der Waals surface area contributed by atoms with E-state index in [-0.39, 0.29) is 11.4 Å². The van der Waals surface area contributed by atoms with Gasteiger partial charge in [0.1, 0.15) is 16.9 Å². The van der Waals surface area contributed by atoms with Crippen molar-refractivity contribution in [1.29, 1.82) is 0 Å². The Bertz CT molecular complexity index is 1100. The fraction of sp³-hybridized carbons (Fsp3) is 0.100. The summed E-state index contributed by atoms with van der Waals surface area (Å²) < 4.78 is 42.1. The predicted molar refractivity (Wildman–Crippen MR) is 103 cm³/mol. The zero-order valence-corrected chi connectivity index (χ0v) is 15.7. The van der Waals surface area contributed by atoms with Crippen LogP contribution in [0, 0.1) is 5.82 Å². The molecule has 27 heavy (non-hydrogen) atoms. The summed E-state index contributed by atoms with van der Waals surface area (Å²) in [5.41, 5.74) is 1.39. The minimum Gasteiger partial charge on any atom is -0.364 e. The van der Waals surface area contributed by atoms with Crippen LogP contribution in [-0.2, 0) is 16.6 Å². The van der Waals surface area contributed by atoms with E-state index in [1.54, 1.807) is 60.7 Å². The zero-order chi connectivity index (χ0) is 19.0. The SMILES string of the molecule is O=S1(=O)c2ccccc2N[C@@H](c2ccccc2Cl)N1Cc1ccccc1F. The van der Waals surface area contributed by atoms with E-state index in [1.165, 1.54) is 16.4 Å². The first-order chi connectivity index (χ1) is 13.0. The fourth-order valence-corrected chi connectivity index (χ4v) is 5.10. The molecule has 1 heterocycles. The summed E-state index contributed by atoms with van der Waals surface area (Å²) >= 11 is 6.34. The number of anilines is 1. The normalized spacial score (nSPS) is 18.5. The van der Waals surface area contributed by atoms with Crippen LogP contribution in [0.4, 0.5) is 10.1 Å². The third-order valence-electron chi connectivity index (χ3n) is 4.54. The summed E-state index contributed by atoms with van der Waals surface area (Å²) in [6.45, 7) is -0.119. The van der Waals surface area contributed by atoms with Gasteiger partial charge in [0.2, 0.25) is 10.0 Å². The van der Waals surface area contributed by atoms with Crippen molar-refractivity contribution in [1.82, 2.24) is 4.31 Å². The van der Waals surface area contributed by atoms with E-state index in [1.807, 2.05) is 0 Å². The number of hydrogen-bond acceptors (Lipinski definition) is 3. The lowest BCUT2D eigenvalue weighted by atomic mass is 10.1. The lowest BCUT2D eigenvalue weighted by Crippen LogP contribution is -2.42. The van der Waals surface area contributed by atoms with Crippen LogP contribution in [0.3, 0.4) is 0 Å². The van der Waals surface area contributed by atoms with Crippen LogP contribution >= 0.6 is 11.6 Å². The summed E-state index contributed by atoms with van der Waals surface area (Å²) in [6.07, 6.45) is -0.752. The minimum atomic E-state index is -3.87. The van der Waals surface area contributed by atoms with E-state index in [0.717, 1.165) is 0 Å². The predicted octanol–water partition coefficient (Wildman–Crippen LogP) is 4.79. The quantitative estimate of drug-likeness (QED) is 0.685. The van der Waals surface area contributed by atoms with Gasteiger partial charge in [0, 0.05) is 22.7 Å². The molecule has 0 aromatic heterocycles. The van der Waals surface area contributed by atoms with Crippen molar-refractivity contribution in [2.24, 2.45) is 0 Å². The highest BCUT2D eigenvalue weighted by Crippen LogP contribution is 2.40. The Morgan fingerprint density at radius 3 is 2.41 bits per heavy atom. The third kappa shape index (κ3) is 3.20. The Kier molecular flexibility index (Phi) is 4.63. The smallest absolute Gasteiger partial charge is 0.247 e. The standard InChI is InChI=1S/C20H16ClFN2O2S/c21-16-9-3-2-8-15(16)20-23-18-11-5-6-12-19(18)27(25,26)24(20)13-14-7-1-4-10-17(14)22/h1-12,20,23H,13H2/t20-/m1/s1. The van der Waals surface area contributed by atoms with Gasteiger partial charge in [0.25, 0.3) is 0 Å². The van der Waals surface area contributed by atoms with Crippen molar-refractivity contribution in [3.8, 4) is 0 Å². The molecule has 1 aliphatic rings. The molecule has 0 aliphatic carbocycles. The van der Waals surface area contributed by atoms with E-state index < -0.39 is 22.0 Å². The second-order valence-electron chi connectivity index (χ2n) is 6.21. The molecule has 0 unspecified atom stereocenters. The Balaban J connectivity index is 1.88. The molecule has 0 radical (unpaired) electrons. The van der Waals surface area contributed by atoms with Gasteiger partial charge in [0.15, 0.2) is 0 Å². The van der Waals surface area contributed by atoms with Gasteiger partial charge < -0.3 is 5.32 Å². The third-order valence-corrected chi connectivity index (χ3v) is 6.75. The van der Waals surface area contributed by atoms with E-state index in [0.29, 0.717) is 21.8 Å². The first kappa shape index (κ1) is 18.0. The number of rotatable bonds is 3. The number of para-hydroxylation sites is 1. The lowest BCUT2D eigenvalue weighted by Gasteiger charge is -2.37. The number of nitrogens with one attached hydrogen (secondary N) is 1. The Morgan fingerprint density at radius 1 is 0.963 bits per heavy atom. The molecule has 1 N–H and O–H groups in total. The summed E-state index contributed by atoms with van der Waals surface area (Å²) in [5, 5.41) is 3.67. The second-order valence-corrected chi connectivity index (χ2v) is 8.47. The first-order valence-electron chi connectivity index (χ1n) is 8.34. The summed E-state index contributed by atoms with van der Waals surface area (Å²) in [5.74, 6) is -0.454. The van der Waals surface area contributed by atoms with Gasteiger partial charge >= 0.3 is 0 Å². The van der Waals surface area contributed by atoms with Crippen LogP contribution in [0.1, 0.15) is 17.3 Å². The van der Waals surface area contributed by atoms with Crippen LogP contribution in [0.2, 0.25) is 5.02 Å². The van der Waals surface area contributed by atoms with Crippen molar-refractivity contribution in [3.05, 3.63) is 94.8 Å². The van der Waals surface area contributed by atoms with Crippen LogP contribution in [0.5, 0.6) is 0 Å². The maximum atomic E-state index is 14.2. The maximum Gasteiger partial charge on any atom is 0.247 e. The molecule has 0 spiro atoms. The molecule has 3 aromatic carbocycles. The van der Waals surface area contributed by atoms with Gasteiger partial charge in [-0.05, 0) is 24.3 Å². The number of hydrogen-bond donors (Lipinski definition) is 1. The molecule has 4 nitrogen and oxygen atoms in total. The highest BCUT2D eigenvalue weighted by Gasteiger charge is 2.39. The molecule has 0 fully saturated rings. The van der Waals surface area contributed by atoms with E-state index in [9.17, 15) is 12.8 Å². The van der Waals surface area contributed by atoms with Gasteiger partial charge in [-0.25, -0.2) is 12.8 Å². The van der Waals surface area contributed by atoms with Crippen LogP contribution in [0.15, 0.2) is 77.7 Å². The summed E-state index contributed by atoms with van der Waals surface area (Å²) in [6, 6.07) is 19.8. The number of benzene rings is 3. The van der Waals surface area contributed by atoms with Crippen molar-refractivity contribution >= 4 is 27.3 Å². The van der Waals surface area contributed by atoms with E-state index in [2.05, 4.69) is 5.32 Å². The molecule has 1 atom stereocenters. The van der Waals surface area contributed by atoms with Crippen molar-refractivity contribution in [2.75, 3.05) is 5.32 Å². The maximum absolute atomic E-state index is 14.2. The molecular formula is C20H16ClFN2O2S. The van der Waals surface area contributed by atoms with Crippen molar-refractivity contribution < 1.29 is 12.8 Å². The van der Waals surface area contributed by atoms with Crippen LogP contribution in [0.25, 0.3) is 0 Å². The highest BCUT2D eigenvalue weighted by atomic mass is 35.5. The molecule has 4 rings (SSSR count). The van der Waals surface area contributed by atoms with Gasteiger partial charge in [0.05, 0.1) is 5.69 Å². The Morgan fingerprint density at radius 2 is 1.63 bits per heavy atom. The molecule has 0 bridgehead atoms. The monoisotopic (exact) mass is 402 g/mol. The molecule has 0 saturated carbocycles. The topological polar surface area (TPSA) is 49.4 Å². The Hall–Kier alpha value is -2.41. The van der Waals surface area contributed by atoms with E-state index >= 15 is 0 Å². The number of sulfonamides is 1. The number of nitrogens with zero attached hydrogens (tertiary/aromatic N) is 1. The average molecular weight is 403 g/mol. The molecular weight excluding hydrogens is 387 g/mol. The Labute approximate surface area is 162 Å². The molecule has 138 valence electrons. The minimum absolute atomic E-state index is 0.119. The second kappa shape index (κ2) is 6.96. The molecule has 3 aromatic rings. The van der Waals surface area contributed by atoms with Crippen LogP contribution in [-0.4, -0.2) is 12.7 Å². The molecule has 0 amide bonds. The summed E-state index contributed by atoms with van der Waals surface area (Å²) in [4.78, 5) is 0.157. The van der Waals surface area contributed by atoms with Crippen LogP contribution < -0.4 is 5.32 Å². The van der Waals surface area contributed by atoms with Crippen molar-refractivity contribution in [3.63, 3.8) is 0 Å². The highest BCUT2D eigenvalue weighted by molar-refractivity contribution is 7.89. The van der Waals surface area contributed by atoms with Gasteiger partial charge in [-0.2, -0.15) is 4.31 Å². The van der Waals surface area contributed by atoms with Crippen molar-refractivity contribution in [2.45, 2.75) is 17.6 Å². The van der Waals surface area contributed by atoms with Gasteiger partial charge in [-0.1, -0.05) is 60.1 Å². The number of fused-ring (bicyclic) bond motifs is 1. The molecule has 1 aliphatic heterocycles. The van der Waals surface area contributed by atoms with Gasteiger partial charge in [-0.3, -0.25) is 0 Å². The summed E-state index contributed by atoms with van der Waals surface area (Å²) in [7, 11) is -3.87. The number of halogens is 2. The average Bonchev–Trinajstić information content (AvgIpc) is 2.66. The zero-order valence-electron chi connectivity index (χ0n) is 14.1. The molecule has 7 heteroatoms. The largest absolute Gasteiger partial charge is 0.364 e. The fourth-order valence-electron chi connectivity index (χ4n) is 3.20. The van der Waals surface area contributed by atoms with Gasteiger partial charge in [-0.15, -0.1) is 0 Å². The van der Waals surface area contributed by atoms with E-state index in [4.69, 9.17) is 11.6 Å².